The minimum absolute atomic E-state index is 0.0307. The highest BCUT2D eigenvalue weighted by atomic mass is 32.1. The second-order valence-electron chi connectivity index (χ2n) is 12.5. The molecule has 3 aromatic heterocycles. The number of para-hydroxylation sites is 1. The zero-order valence-corrected chi connectivity index (χ0v) is 28.5. The van der Waals surface area contributed by atoms with Crippen LogP contribution in [0.5, 0.6) is 5.75 Å². The fourth-order valence-corrected chi connectivity index (χ4v) is 7.50. The van der Waals surface area contributed by atoms with Gasteiger partial charge in [0.1, 0.15) is 47.1 Å². The predicted octanol–water partition coefficient (Wildman–Crippen LogP) is 4.56. The molecule has 0 saturated carbocycles. The Morgan fingerprint density at radius 2 is 1.76 bits per heavy atom. The lowest BCUT2D eigenvalue weighted by atomic mass is 9.92. The minimum atomic E-state index is -1.49. The predicted molar refractivity (Wildman–Crippen MR) is 192 cm³/mol. The maximum Gasteiger partial charge on any atom is 0.298 e. The van der Waals surface area contributed by atoms with Crippen LogP contribution in [0.25, 0.3) is 16.0 Å². The number of halogens is 2. The Hall–Kier alpha value is -5.22. The number of β-amino-alcohol motifs (C(OH)–C–C–N with tert-alkyl or cyclic N) is 1. The van der Waals surface area contributed by atoms with Gasteiger partial charge in [-0.3, -0.25) is 9.36 Å². The molecule has 6 aromatic rings. The number of ether oxygens (including phenoxy) is 1. The van der Waals surface area contributed by atoms with Crippen LogP contribution in [0.2, 0.25) is 0 Å². The van der Waals surface area contributed by atoms with E-state index in [0.717, 1.165) is 66.6 Å². The molecule has 2 aliphatic heterocycles. The SMILES string of the molecule is NCc1cc2c(nc(N)c(=O)n2-c2ccc3c(c2)N(c2ccccc2)CCO3)s1.OC(CN1CCCC1)(Cn1cncn1)c1ccc(F)cc1F. The van der Waals surface area contributed by atoms with Gasteiger partial charge in [-0.05, 0) is 68.4 Å². The first-order valence-corrected chi connectivity index (χ1v) is 17.4. The molecule has 2 aliphatic rings. The zero-order valence-electron chi connectivity index (χ0n) is 27.7. The van der Waals surface area contributed by atoms with Crippen LogP contribution in [0.3, 0.4) is 0 Å². The summed E-state index contributed by atoms with van der Waals surface area (Å²) < 4.78 is 36.3. The van der Waals surface area contributed by atoms with E-state index in [1.54, 1.807) is 4.57 Å². The first kappa shape index (κ1) is 34.2. The van der Waals surface area contributed by atoms with E-state index in [0.29, 0.717) is 29.2 Å². The molecule has 264 valence electrons. The van der Waals surface area contributed by atoms with E-state index < -0.39 is 17.2 Å². The van der Waals surface area contributed by atoms with Crippen molar-refractivity contribution < 1.29 is 18.6 Å². The lowest BCUT2D eigenvalue weighted by molar-refractivity contribution is -0.0164. The summed E-state index contributed by atoms with van der Waals surface area (Å²) in [7, 11) is 0. The molecule has 1 unspecified atom stereocenters. The van der Waals surface area contributed by atoms with Crippen molar-refractivity contribution in [3.05, 3.63) is 118 Å². The number of fused-ring (bicyclic) bond motifs is 2. The van der Waals surface area contributed by atoms with Crippen LogP contribution < -0.4 is 26.7 Å². The van der Waals surface area contributed by atoms with Gasteiger partial charge in [0.25, 0.3) is 5.56 Å². The van der Waals surface area contributed by atoms with Gasteiger partial charge in [-0.2, -0.15) is 5.10 Å². The van der Waals surface area contributed by atoms with Crippen LogP contribution in [-0.4, -0.2) is 67.1 Å². The van der Waals surface area contributed by atoms with E-state index in [-0.39, 0.29) is 30.0 Å². The first-order valence-electron chi connectivity index (χ1n) is 16.6. The summed E-state index contributed by atoms with van der Waals surface area (Å²) in [5.74, 6) is -0.660. The van der Waals surface area contributed by atoms with Gasteiger partial charge in [0.05, 0.1) is 30.0 Å². The van der Waals surface area contributed by atoms with Crippen LogP contribution in [0.15, 0.2) is 90.2 Å². The van der Waals surface area contributed by atoms with E-state index >= 15 is 0 Å². The van der Waals surface area contributed by atoms with Crippen LogP contribution in [0.1, 0.15) is 23.3 Å². The number of aliphatic hydroxyl groups is 1. The Morgan fingerprint density at radius 1 is 0.961 bits per heavy atom. The molecule has 0 radical (unpaired) electrons. The number of nitrogens with zero attached hydrogens (tertiary/aromatic N) is 7. The van der Waals surface area contributed by atoms with E-state index in [1.807, 2.05) is 42.5 Å². The topological polar surface area (TPSA) is 154 Å². The van der Waals surface area contributed by atoms with E-state index in [2.05, 4.69) is 37.0 Å². The molecule has 0 bridgehead atoms. The van der Waals surface area contributed by atoms with Crippen molar-refractivity contribution in [2.24, 2.45) is 5.73 Å². The quantitative estimate of drug-likeness (QED) is 0.205. The highest BCUT2D eigenvalue weighted by molar-refractivity contribution is 7.18. The molecule has 15 heteroatoms. The average molecular weight is 714 g/mol. The standard InChI is InChI=1S/C21H19N5O2S.C15H18F2N4O/c22-12-15-11-17-20(29-15)24-19(23)21(27)26(17)14-6-7-18-16(10-14)25(8-9-28-18)13-4-2-1-3-5-13;16-12-3-4-13(14(17)7-12)15(22,8-20-5-1-2-6-20)9-21-11-18-10-19-21/h1-7,10-11H,8-9,12,22H2,(H2,23,24);3-4,7,10-11,22H,1-2,5-6,8-9H2. The minimum Gasteiger partial charge on any atom is -0.490 e. The zero-order chi connectivity index (χ0) is 35.5. The Kier molecular flexibility index (Phi) is 9.77. The summed E-state index contributed by atoms with van der Waals surface area (Å²) in [4.78, 5) is 26.9. The van der Waals surface area contributed by atoms with Gasteiger partial charge in [0.15, 0.2) is 5.82 Å². The fraction of sp³-hybridized carbons (Fsp3) is 0.278. The van der Waals surface area contributed by atoms with Crippen molar-refractivity contribution in [3.8, 4) is 11.4 Å². The Bertz CT molecular complexity index is 2190. The van der Waals surface area contributed by atoms with Crippen molar-refractivity contribution in [3.63, 3.8) is 0 Å². The first-order chi connectivity index (χ1) is 24.7. The van der Waals surface area contributed by atoms with Crippen molar-refractivity contribution in [2.45, 2.75) is 31.5 Å². The highest BCUT2D eigenvalue weighted by Gasteiger charge is 2.36. The number of nitrogen functional groups attached to an aromatic ring is 1. The van der Waals surface area contributed by atoms with E-state index in [9.17, 15) is 18.7 Å². The largest absolute Gasteiger partial charge is 0.490 e. The lowest BCUT2D eigenvalue weighted by Gasteiger charge is -2.33. The molecule has 8 rings (SSSR count). The molecule has 1 saturated heterocycles. The van der Waals surface area contributed by atoms with Gasteiger partial charge in [-0.25, -0.2) is 23.4 Å². The molecule has 0 aliphatic carbocycles. The molecule has 5 heterocycles. The molecule has 51 heavy (non-hydrogen) atoms. The summed E-state index contributed by atoms with van der Waals surface area (Å²) in [6.45, 7) is 3.76. The molecule has 1 fully saturated rings. The molecule has 0 amide bonds. The lowest BCUT2D eigenvalue weighted by Crippen LogP contribution is -2.43. The van der Waals surface area contributed by atoms with Crippen LogP contribution in [0.4, 0.5) is 26.0 Å². The Balaban J connectivity index is 0.000000166. The van der Waals surface area contributed by atoms with Gasteiger partial charge in [0, 0.05) is 35.3 Å². The molecule has 5 N–H and O–H groups in total. The Morgan fingerprint density at radius 3 is 2.49 bits per heavy atom. The molecule has 1 atom stereocenters. The maximum absolute atomic E-state index is 14.2. The average Bonchev–Trinajstić information content (AvgIpc) is 3.92. The molecule has 3 aromatic carbocycles. The number of likely N-dealkylation sites (tertiary alicyclic amines) is 1. The van der Waals surface area contributed by atoms with Crippen molar-refractivity contribution in [1.29, 1.82) is 0 Å². The maximum atomic E-state index is 14.2. The summed E-state index contributed by atoms with van der Waals surface area (Å²) in [6.07, 6.45) is 4.95. The number of nitrogens with two attached hydrogens (primary N) is 2. The van der Waals surface area contributed by atoms with Crippen LogP contribution >= 0.6 is 11.3 Å². The highest BCUT2D eigenvalue weighted by Crippen LogP contribution is 2.38. The van der Waals surface area contributed by atoms with E-state index in [4.69, 9.17) is 16.2 Å². The van der Waals surface area contributed by atoms with Gasteiger partial charge >= 0.3 is 0 Å². The number of anilines is 3. The summed E-state index contributed by atoms with van der Waals surface area (Å²) in [5, 5.41) is 15.1. The molecular weight excluding hydrogens is 677 g/mol. The summed E-state index contributed by atoms with van der Waals surface area (Å²) >= 11 is 1.44. The van der Waals surface area contributed by atoms with Gasteiger partial charge < -0.3 is 31.1 Å². The normalized spacial score (nSPS) is 15.6. The third-order valence-corrected chi connectivity index (χ3v) is 10.0. The number of thiophene rings is 1. The van der Waals surface area contributed by atoms with Gasteiger partial charge in [-0.1, -0.05) is 24.3 Å². The third-order valence-electron chi connectivity index (χ3n) is 8.97. The summed E-state index contributed by atoms with van der Waals surface area (Å²) in [5.41, 5.74) is 13.4. The third kappa shape index (κ3) is 7.19. The van der Waals surface area contributed by atoms with Gasteiger partial charge in [0.2, 0.25) is 0 Å². The molecular formula is C36H37F2N9O3S. The second kappa shape index (κ2) is 14.6. The van der Waals surface area contributed by atoms with Crippen LogP contribution in [-0.2, 0) is 18.7 Å². The smallest absolute Gasteiger partial charge is 0.298 e. The van der Waals surface area contributed by atoms with Gasteiger partial charge in [-0.15, -0.1) is 11.3 Å². The monoisotopic (exact) mass is 713 g/mol. The summed E-state index contributed by atoms with van der Waals surface area (Å²) in [6, 6.07) is 21.0. The number of aromatic nitrogens is 5. The van der Waals surface area contributed by atoms with Crippen molar-refractivity contribution >= 4 is 38.9 Å². The van der Waals surface area contributed by atoms with Crippen molar-refractivity contribution in [1.82, 2.24) is 29.2 Å². The number of hydrogen-bond acceptors (Lipinski definition) is 11. The number of rotatable bonds is 8. The fourth-order valence-electron chi connectivity index (χ4n) is 6.60. The molecule has 12 nitrogen and oxygen atoms in total. The Labute approximate surface area is 296 Å². The van der Waals surface area contributed by atoms with E-state index in [1.165, 1.54) is 34.7 Å². The number of hydrogen-bond donors (Lipinski definition) is 3. The molecule has 0 spiro atoms. The van der Waals surface area contributed by atoms with Crippen molar-refractivity contribution in [2.75, 3.05) is 43.4 Å². The number of benzene rings is 3. The van der Waals surface area contributed by atoms with Crippen LogP contribution in [0, 0.1) is 11.6 Å². The second-order valence-corrected chi connectivity index (χ2v) is 13.6.